The van der Waals surface area contributed by atoms with Crippen LogP contribution in [0.2, 0.25) is 0 Å². The number of hydrogen-bond donors (Lipinski definition) is 4. The van der Waals surface area contributed by atoms with Crippen LogP contribution in [0.25, 0.3) is 22.0 Å². The van der Waals surface area contributed by atoms with Crippen LogP contribution >= 0.6 is 0 Å². The van der Waals surface area contributed by atoms with Gasteiger partial charge in [-0.15, -0.1) is 0 Å². The number of nitrogens with zero attached hydrogens (tertiary/aromatic N) is 4. The van der Waals surface area contributed by atoms with Crippen LogP contribution in [0.1, 0.15) is 52.2 Å². The Morgan fingerprint density at radius 3 is 2.50 bits per heavy atom. The van der Waals surface area contributed by atoms with E-state index in [1.54, 1.807) is 31.3 Å². The predicted octanol–water partition coefficient (Wildman–Crippen LogP) is 5.09. The van der Waals surface area contributed by atoms with Crippen molar-refractivity contribution in [2.45, 2.75) is 49.5 Å². The Balaban J connectivity index is 1.37. The Labute approximate surface area is 314 Å². The molecule has 2 aromatic carbocycles. The number of nitrogens with one attached hydrogen (secondary N) is 2. The van der Waals surface area contributed by atoms with Gasteiger partial charge in [0.1, 0.15) is 23.9 Å². The molecule has 1 unspecified atom stereocenters. The first kappa shape index (κ1) is 38.8. The van der Waals surface area contributed by atoms with Gasteiger partial charge in [0.25, 0.3) is 5.92 Å². The van der Waals surface area contributed by atoms with Crippen molar-refractivity contribution < 1.29 is 49.1 Å². The van der Waals surface area contributed by atoms with Crippen molar-refractivity contribution in [2.75, 3.05) is 17.6 Å². The molecule has 5 N–H and O–H groups in total. The largest absolute Gasteiger partial charge is 0.418 e. The predicted molar refractivity (Wildman–Crippen MR) is 189 cm³/mol. The zero-order valence-electron chi connectivity index (χ0n) is 29.4. The smallest absolute Gasteiger partial charge is 0.394 e. The van der Waals surface area contributed by atoms with Gasteiger partial charge in [0.2, 0.25) is 15.9 Å². The zero-order valence-corrected chi connectivity index (χ0v) is 30.2. The minimum atomic E-state index is -4.97. The minimum absolute atomic E-state index is 0.00570. The summed E-state index contributed by atoms with van der Waals surface area (Å²) in [4.78, 5) is 18.5. The van der Waals surface area contributed by atoms with Crippen LogP contribution in [0.15, 0.2) is 54.7 Å². The molecule has 3 heterocycles. The van der Waals surface area contributed by atoms with Gasteiger partial charge in [-0.3, -0.25) is 14.2 Å². The van der Waals surface area contributed by atoms with E-state index in [2.05, 4.69) is 32.0 Å². The summed E-state index contributed by atoms with van der Waals surface area (Å²) in [6, 6.07) is 8.17. The molecular formula is C37H32F7N7O4S. The van der Waals surface area contributed by atoms with Crippen LogP contribution in [0.5, 0.6) is 0 Å². The Hall–Kier alpha value is -5.45. The van der Waals surface area contributed by atoms with E-state index >= 15 is 8.78 Å². The Morgan fingerprint density at radius 2 is 1.84 bits per heavy atom. The standard InChI is InChI=1S/C37H32F7N7O4S/c1-50-33-24(4-3-5-25(33)35(48-50)49-56(2,54)55)23-9-8-22(7-6-21(45)17-52)46-32(23)29(12-18-10-19(38)13-20(39)11-18)47-30(53)16-51-15-28(37(42,43)44)31-26-14-27(26)36(40,41)34(31)51/h3-5,8-11,13,15,21,26-27,29,52H,12,14,16-17,45H2,1-2H3,(H,47,53)(H,48,49)/t21-,26+,27-,29?/m1/s1. The fraction of sp³-hybridized carbons (Fsp3) is 0.324. The molecule has 0 aliphatic heterocycles. The molecule has 11 nitrogen and oxygen atoms in total. The number of aliphatic hydroxyl groups is 1. The minimum Gasteiger partial charge on any atom is -0.394 e. The number of hydrogen-bond acceptors (Lipinski definition) is 7. The van der Waals surface area contributed by atoms with Gasteiger partial charge in [-0.2, -0.15) is 27.1 Å². The number of alkyl halides is 5. The summed E-state index contributed by atoms with van der Waals surface area (Å²) in [7, 11) is -2.23. The van der Waals surface area contributed by atoms with Crippen LogP contribution in [0, 0.1) is 29.4 Å². The first-order valence-corrected chi connectivity index (χ1v) is 18.9. The monoisotopic (exact) mass is 803 g/mol. The Bertz CT molecular complexity index is 2560. The van der Waals surface area contributed by atoms with Crippen molar-refractivity contribution in [3.05, 3.63) is 100 Å². The van der Waals surface area contributed by atoms with Crippen LogP contribution in [-0.4, -0.2) is 57.7 Å². The van der Waals surface area contributed by atoms with E-state index in [1.807, 2.05) is 0 Å². The van der Waals surface area contributed by atoms with Gasteiger partial charge in [0.15, 0.2) is 5.82 Å². The second kappa shape index (κ2) is 13.9. The van der Waals surface area contributed by atoms with Gasteiger partial charge in [-0.25, -0.2) is 22.2 Å². The van der Waals surface area contributed by atoms with Gasteiger partial charge in [0.05, 0.1) is 47.4 Å². The molecule has 4 atom stereocenters. The lowest BCUT2D eigenvalue weighted by Gasteiger charge is -2.23. The zero-order chi connectivity index (χ0) is 40.5. The second-order valence-electron chi connectivity index (χ2n) is 13.8. The lowest BCUT2D eigenvalue weighted by Crippen LogP contribution is -2.34. The number of aromatic nitrogens is 4. The normalized spacial score (nSPS) is 18.1. The first-order chi connectivity index (χ1) is 26.2. The quantitative estimate of drug-likeness (QED) is 0.113. The second-order valence-corrected chi connectivity index (χ2v) is 15.6. The Morgan fingerprint density at radius 1 is 1.12 bits per heavy atom. The molecule has 0 saturated heterocycles. The number of aryl methyl sites for hydroxylation is 1. The van der Waals surface area contributed by atoms with Crippen LogP contribution in [-0.2, 0) is 46.9 Å². The number of aliphatic hydroxyl groups excluding tert-OH is 1. The van der Waals surface area contributed by atoms with Crippen molar-refractivity contribution in [3.63, 3.8) is 0 Å². The highest BCUT2D eigenvalue weighted by Gasteiger charge is 2.67. The van der Waals surface area contributed by atoms with E-state index in [0.29, 0.717) is 33.3 Å². The highest BCUT2D eigenvalue weighted by molar-refractivity contribution is 7.92. The number of anilines is 1. The molecule has 56 heavy (non-hydrogen) atoms. The lowest BCUT2D eigenvalue weighted by atomic mass is 9.93. The van der Waals surface area contributed by atoms with Gasteiger partial charge in [-0.1, -0.05) is 18.1 Å². The summed E-state index contributed by atoms with van der Waals surface area (Å²) in [5.41, 5.74) is 4.24. The van der Waals surface area contributed by atoms with Crippen LogP contribution in [0.4, 0.5) is 36.6 Å². The number of pyridine rings is 1. The number of carbonyl (C=O) groups is 1. The van der Waals surface area contributed by atoms with Crippen molar-refractivity contribution >= 4 is 32.7 Å². The number of benzene rings is 2. The van der Waals surface area contributed by atoms with E-state index in [-0.39, 0.29) is 41.2 Å². The van der Waals surface area contributed by atoms with Crippen molar-refractivity contribution in [1.29, 1.82) is 0 Å². The number of sulfonamides is 1. The molecule has 1 amide bonds. The van der Waals surface area contributed by atoms with E-state index in [0.717, 1.165) is 18.4 Å². The summed E-state index contributed by atoms with van der Waals surface area (Å²) >= 11 is 0. The summed E-state index contributed by atoms with van der Waals surface area (Å²) < 4.78 is 131. The first-order valence-electron chi connectivity index (χ1n) is 17.0. The molecule has 19 heteroatoms. The third-order valence-corrected chi connectivity index (χ3v) is 10.2. The average Bonchev–Trinajstić information content (AvgIpc) is 3.65. The number of halogens is 7. The highest BCUT2D eigenvalue weighted by Crippen LogP contribution is 2.69. The third kappa shape index (κ3) is 7.43. The number of nitrogens with two attached hydrogens (primary N) is 1. The molecule has 0 bridgehead atoms. The topological polar surface area (TPSA) is 157 Å². The molecule has 1 saturated carbocycles. The number of amides is 1. The van der Waals surface area contributed by atoms with Crippen molar-refractivity contribution in [3.8, 4) is 23.0 Å². The number of para-hydroxylation sites is 1. The van der Waals surface area contributed by atoms with Gasteiger partial charge >= 0.3 is 6.18 Å². The highest BCUT2D eigenvalue weighted by atomic mass is 32.2. The summed E-state index contributed by atoms with van der Waals surface area (Å²) in [6.45, 7) is -1.47. The van der Waals surface area contributed by atoms with E-state index in [4.69, 9.17) is 5.73 Å². The Kier molecular flexibility index (Phi) is 9.66. The maximum Gasteiger partial charge on any atom is 0.418 e. The number of rotatable bonds is 10. The fourth-order valence-electron chi connectivity index (χ4n) is 7.39. The molecule has 3 aromatic heterocycles. The van der Waals surface area contributed by atoms with Gasteiger partial charge < -0.3 is 20.7 Å². The lowest BCUT2D eigenvalue weighted by molar-refractivity contribution is -0.138. The summed E-state index contributed by atoms with van der Waals surface area (Å²) in [6.07, 6.45) is -4.00. The van der Waals surface area contributed by atoms with Crippen molar-refractivity contribution in [2.24, 2.45) is 18.7 Å². The van der Waals surface area contributed by atoms with E-state index in [9.17, 15) is 40.3 Å². The van der Waals surface area contributed by atoms with Gasteiger partial charge in [-0.05, 0) is 66.1 Å². The molecule has 0 radical (unpaired) electrons. The van der Waals surface area contributed by atoms with Crippen LogP contribution < -0.4 is 15.8 Å². The molecule has 2 aliphatic rings. The van der Waals surface area contributed by atoms with E-state index < -0.39 is 93.6 Å². The third-order valence-electron chi connectivity index (χ3n) is 9.65. The molecule has 2 aliphatic carbocycles. The van der Waals surface area contributed by atoms with Crippen molar-refractivity contribution in [1.82, 2.24) is 24.6 Å². The molecular weight excluding hydrogens is 772 g/mol. The molecule has 7 rings (SSSR count). The SMILES string of the molecule is Cn1nc(NS(C)(=O)=O)c2cccc(-c3ccc(C#C[C@@H](N)CO)nc3C(Cc3cc(F)cc(F)c3)NC(=O)Cn3cc(C(F)(F)F)c4c3C(F)(F)[C@@H]3C[C@H]43)c21. The van der Waals surface area contributed by atoms with Gasteiger partial charge in [0, 0.05) is 41.7 Å². The molecule has 5 aromatic rings. The summed E-state index contributed by atoms with van der Waals surface area (Å²) in [5.74, 6) is -3.53. The molecule has 1 fully saturated rings. The fourth-order valence-corrected chi connectivity index (χ4v) is 7.89. The number of fused-ring (bicyclic) bond motifs is 4. The van der Waals surface area contributed by atoms with E-state index in [1.165, 1.54) is 10.7 Å². The number of carbonyl (C=O) groups excluding carboxylic acids is 1. The molecule has 0 spiro atoms. The average molecular weight is 804 g/mol. The maximum absolute atomic E-state index is 15.4. The van der Waals surface area contributed by atoms with Crippen LogP contribution in [0.3, 0.4) is 0 Å². The molecule has 294 valence electrons. The summed E-state index contributed by atoms with van der Waals surface area (Å²) in [5, 5.41) is 16.7. The maximum atomic E-state index is 15.4.